The monoisotopic (exact) mass is 612 g/mol. The van der Waals surface area contributed by atoms with Crippen molar-refractivity contribution in [3.05, 3.63) is 78.9 Å². The number of hydrogen-bond acceptors (Lipinski definition) is 9. The molecule has 0 radical (unpaired) electrons. The zero-order chi connectivity index (χ0) is 31.0. The van der Waals surface area contributed by atoms with Crippen LogP contribution in [0.3, 0.4) is 0 Å². The predicted octanol–water partition coefficient (Wildman–Crippen LogP) is 1.93. The number of nitrogens with zero attached hydrogens (tertiary/aromatic N) is 4. The molecule has 1 fully saturated rings. The van der Waals surface area contributed by atoms with Gasteiger partial charge in [-0.25, -0.2) is 28.7 Å². The average Bonchev–Trinajstić information content (AvgIpc) is 3.65. The number of aromatic nitrogens is 4. The quantitative estimate of drug-likeness (QED) is 0.121. The maximum Gasteiger partial charge on any atom is 0.324 e. The summed E-state index contributed by atoms with van der Waals surface area (Å²) in [5.74, 6) is 0.314. The van der Waals surface area contributed by atoms with Gasteiger partial charge in [0.2, 0.25) is 6.41 Å². The Bertz CT molecular complexity index is 1440. The molecule has 5 rings (SSSR count). The third kappa shape index (κ3) is 11.1. The highest BCUT2D eigenvalue weighted by atomic mass is 32.2. The molecule has 0 saturated carbocycles. The van der Waals surface area contributed by atoms with Crippen LogP contribution in [0.25, 0.3) is 11.2 Å². The summed E-state index contributed by atoms with van der Waals surface area (Å²) in [6.07, 6.45) is 5.63. The lowest BCUT2D eigenvalue weighted by Crippen LogP contribution is -2.25. The predicted molar refractivity (Wildman–Crippen MR) is 163 cm³/mol. The van der Waals surface area contributed by atoms with Crippen LogP contribution < -0.4 is 20.7 Å². The van der Waals surface area contributed by atoms with Crippen LogP contribution in [0.5, 0.6) is 0 Å². The molecule has 2 aromatic heterocycles. The van der Waals surface area contributed by atoms with E-state index in [1.165, 1.54) is 6.33 Å². The highest BCUT2D eigenvalue weighted by Crippen LogP contribution is 2.31. The molecule has 1 saturated heterocycles. The van der Waals surface area contributed by atoms with E-state index in [1.54, 1.807) is 31.8 Å². The van der Waals surface area contributed by atoms with Gasteiger partial charge in [-0.2, -0.15) is 0 Å². The molecule has 4 aromatic rings. The zero-order valence-electron chi connectivity index (χ0n) is 23.8. The van der Waals surface area contributed by atoms with Gasteiger partial charge >= 0.3 is 6.03 Å². The van der Waals surface area contributed by atoms with E-state index in [0.717, 1.165) is 18.4 Å². The fourth-order valence-electron chi connectivity index (χ4n) is 3.99. The van der Waals surface area contributed by atoms with Crippen molar-refractivity contribution in [1.29, 1.82) is 0 Å². The number of imidazole rings is 1. The molecule has 3 atom stereocenters. The highest BCUT2D eigenvalue weighted by Gasteiger charge is 2.28. The van der Waals surface area contributed by atoms with Gasteiger partial charge in [-0.3, -0.25) is 14.7 Å². The summed E-state index contributed by atoms with van der Waals surface area (Å²) in [6, 6.07) is 18.1. The normalized spacial score (nSPS) is 16.3. The number of rotatable bonds is 9. The SMILES string of the molecule is CNS(C)=O.O=CNCC1CCC(n2cnc3c(NC(=O)Nc4ccccc4)ncnc32)O1.OC(O)Cc1ccccc1. The third-order valence-corrected chi connectivity index (χ3v) is 6.57. The molecule has 2 aromatic carbocycles. The summed E-state index contributed by atoms with van der Waals surface area (Å²) >= 11 is 0. The first-order valence-electron chi connectivity index (χ1n) is 13.3. The molecular weight excluding hydrogens is 576 g/mol. The average molecular weight is 613 g/mol. The summed E-state index contributed by atoms with van der Waals surface area (Å²) in [4.78, 5) is 35.5. The maximum absolute atomic E-state index is 12.3. The largest absolute Gasteiger partial charge is 0.368 e. The number of carbonyl (C=O) groups is 2. The van der Waals surface area contributed by atoms with Gasteiger partial charge in [0.1, 0.15) is 12.6 Å². The Kier molecular flexibility index (Phi) is 13.6. The van der Waals surface area contributed by atoms with E-state index in [0.29, 0.717) is 42.0 Å². The van der Waals surface area contributed by atoms with Crippen molar-refractivity contribution in [3.8, 4) is 0 Å². The van der Waals surface area contributed by atoms with Crippen molar-refractivity contribution in [2.24, 2.45) is 0 Å². The second kappa shape index (κ2) is 17.6. The second-order valence-corrected chi connectivity index (χ2v) is 10.5. The number of carbonyl (C=O) groups excluding carboxylic acids is 2. The molecule has 0 bridgehead atoms. The molecular formula is C28H36N8O6S. The summed E-state index contributed by atoms with van der Waals surface area (Å²) in [6.45, 7) is 0.466. The lowest BCUT2D eigenvalue weighted by Gasteiger charge is -2.15. The molecule has 0 spiro atoms. The van der Waals surface area contributed by atoms with E-state index in [4.69, 9.17) is 14.9 Å². The van der Waals surface area contributed by atoms with Gasteiger partial charge in [0.25, 0.3) is 0 Å². The molecule has 230 valence electrons. The minimum Gasteiger partial charge on any atom is -0.368 e. The first-order chi connectivity index (χ1) is 20.8. The molecule has 0 aliphatic carbocycles. The smallest absolute Gasteiger partial charge is 0.324 e. The number of hydrogen-bond donors (Lipinski definition) is 6. The minimum atomic E-state index is -1.23. The van der Waals surface area contributed by atoms with Crippen LogP contribution in [-0.2, 0) is 26.9 Å². The molecule has 15 heteroatoms. The first kappa shape index (κ1) is 33.2. The van der Waals surface area contributed by atoms with Crippen molar-refractivity contribution in [2.75, 3.05) is 30.5 Å². The lowest BCUT2D eigenvalue weighted by atomic mass is 10.1. The number of aliphatic hydroxyl groups excluding tert-OH is 1. The van der Waals surface area contributed by atoms with Crippen LogP contribution in [0.2, 0.25) is 0 Å². The topological polar surface area (TPSA) is 193 Å². The Labute approximate surface area is 251 Å². The van der Waals surface area contributed by atoms with Crippen LogP contribution in [-0.4, -0.2) is 78.6 Å². The second-order valence-electron chi connectivity index (χ2n) is 9.14. The molecule has 3 amide bonds. The molecule has 3 heterocycles. The van der Waals surface area contributed by atoms with Gasteiger partial charge in [0.05, 0.1) is 23.4 Å². The van der Waals surface area contributed by atoms with Crippen LogP contribution >= 0.6 is 0 Å². The van der Waals surface area contributed by atoms with Crippen LogP contribution in [0.4, 0.5) is 16.3 Å². The Hall–Kier alpha value is -4.28. The van der Waals surface area contributed by atoms with Crippen molar-refractivity contribution in [3.63, 3.8) is 0 Å². The number of urea groups is 1. The zero-order valence-corrected chi connectivity index (χ0v) is 24.6. The Morgan fingerprint density at radius 2 is 1.74 bits per heavy atom. The number of para-hydroxylation sites is 1. The number of fused-ring (bicyclic) bond motifs is 1. The van der Waals surface area contributed by atoms with Gasteiger partial charge in [0.15, 0.2) is 23.3 Å². The van der Waals surface area contributed by atoms with E-state index in [9.17, 15) is 13.8 Å². The first-order valence-corrected chi connectivity index (χ1v) is 14.9. The molecule has 3 unspecified atom stereocenters. The number of ether oxygens (including phenoxy) is 1. The van der Waals surface area contributed by atoms with E-state index >= 15 is 0 Å². The van der Waals surface area contributed by atoms with Gasteiger partial charge < -0.3 is 25.6 Å². The molecule has 43 heavy (non-hydrogen) atoms. The number of benzene rings is 2. The van der Waals surface area contributed by atoms with Crippen molar-refractivity contribution >= 4 is 46.1 Å². The van der Waals surface area contributed by atoms with E-state index in [2.05, 4.69) is 35.6 Å². The number of aliphatic hydroxyl groups is 2. The maximum atomic E-state index is 12.3. The van der Waals surface area contributed by atoms with Crippen molar-refractivity contribution in [2.45, 2.75) is 37.9 Å². The van der Waals surface area contributed by atoms with Gasteiger partial charge in [-0.05, 0) is 37.6 Å². The Balaban J connectivity index is 0.000000278. The van der Waals surface area contributed by atoms with E-state index in [-0.39, 0.29) is 12.3 Å². The number of amides is 3. The molecule has 1 aliphatic heterocycles. The molecule has 1 aliphatic rings. The van der Waals surface area contributed by atoms with Crippen LogP contribution in [0, 0.1) is 0 Å². The van der Waals surface area contributed by atoms with Gasteiger partial charge in [0, 0.05) is 24.9 Å². The Morgan fingerprint density at radius 3 is 2.37 bits per heavy atom. The standard InChI is InChI=1S/C18H19N7O3.C8H10O2.C2H7NOS/c26-11-19-8-13-6-7-14(28-13)25-10-22-15-16(20-9-21-17(15)25)24-18(27)23-12-4-2-1-3-5-12;9-8(10)6-7-4-2-1-3-5-7;1-3-5(2)4/h1-5,9-11,13-14H,6-8H2,(H,19,26)(H2,20,21,23,24,27);1-5,8-10H,6H2;3H,1-2H3. The van der Waals surface area contributed by atoms with E-state index < -0.39 is 23.3 Å². The molecule has 6 N–H and O–H groups in total. The number of nitrogens with one attached hydrogen (secondary N) is 4. The number of anilines is 2. The summed E-state index contributed by atoms with van der Waals surface area (Å²) in [7, 11) is 0.826. The van der Waals surface area contributed by atoms with Crippen LogP contribution in [0.1, 0.15) is 24.6 Å². The van der Waals surface area contributed by atoms with Crippen molar-refractivity contribution < 1.29 is 28.7 Å². The van der Waals surface area contributed by atoms with Crippen molar-refractivity contribution in [1.82, 2.24) is 29.6 Å². The third-order valence-electron chi connectivity index (χ3n) is 6.00. The minimum absolute atomic E-state index is 0.0521. The summed E-state index contributed by atoms with van der Waals surface area (Å²) in [5, 5.41) is 25.2. The van der Waals surface area contributed by atoms with Gasteiger partial charge in [-0.1, -0.05) is 48.5 Å². The molecule has 14 nitrogen and oxygen atoms in total. The Morgan fingerprint density at radius 1 is 1.07 bits per heavy atom. The summed E-state index contributed by atoms with van der Waals surface area (Å²) in [5.41, 5.74) is 2.66. The highest BCUT2D eigenvalue weighted by molar-refractivity contribution is 7.82. The van der Waals surface area contributed by atoms with E-state index in [1.807, 2.05) is 53.1 Å². The fourth-order valence-corrected chi connectivity index (χ4v) is 3.99. The fraction of sp³-hybridized carbons (Fsp3) is 0.321. The van der Waals surface area contributed by atoms with Gasteiger partial charge in [-0.15, -0.1) is 0 Å². The summed E-state index contributed by atoms with van der Waals surface area (Å²) < 4.78 is 20.1. The van der Waals surface area contributed by atoms with Crippen LogP contribution in [0.15, 0.2) is 73.3 Å². The lowest BCUT2D eigenvalue weighted by molar-refractivity contribution is -0.110.